The van der Waals surface area contributed by atoms with E-state index in [0.717, 1.165) is 50.9 Å². The summed E-state index contributed by atoms with van der Waals surface area (Å²) in [7, 11) is 1.91. The standard InChI is InChI=1S/C13H20N2O2.C2H6/c1-14-12-4-2-3-5-13(12)17-11-8-15-6-9-16-10-7-15;1-2/h2-5,14H,6-11H2,1H3;1-2H3. The molecule has 0 aromatic heterocycles. The van der Waals surface area contributed by atoms with Crippen molar-refractivity contribution in [3.8, 4) is 5.75 Å². The Kier molecular flexibility index (Phi) is 8.02. The van der Waals surface area contributed by atoms with Crippen LogP contribution in [0.25, 0.3) is 0 Å². The molecule has 1 aromatic carbocycles. The molecule has 1 saturated heterocycles. The second-order valence-electron chi connectivity index (χ2n) is 4.05. The van der Waals surface area contributed by atoms with E-state index in [1.54, 1.807) is 0 Å². The van der Waals surface area contributed by atoms with Gasteiger partial charge >= 0.3 is 0 Å². The highest BCUT2D eigenvalue weighted by Crippen LogP contribution is 2.22. The Hall–Kier alpha value is -1.26. The molecule has 0 spiro atoms. The van der Waals surface area contributed by atoms with Crippen LogP contribution in [0.1, 0.15) is 13.8 Å². The second kappa shape index (κ2) is 9.64. The van der Waals surface area contributed by atoms with E-state index in [9.17, 15) is 0 Å². The van der Waals surface area contributed by atoms with Gasteiger partial charge in [-0.05, 0) is 12.1 Å². The van der Waals surface area contributed by atoms with Gasteiger partial charge in [0.1, 0.15) is 12.4 Å². The van der Waals surface area contributed by atoms with Crippen molar-refractivity contribution in [3.63, 3.8) is 0 Å². The maximum absolute atomic E-state index is 5.79. The molecule has 1 fully saturated rings. The lowest BCUT2D eigenvalue weighted by atomic mass is 10.3. The molecule has 0 amide bonds. The van der Waals surface area contributed by atoms with Crippen LogP contribution in [0.2, 0.25) is 0 Å². The van der Waals surface area contributed by atoms with Crippen LogP contribution in [-0.4, -0.2) is 51.4 Å². The number of nitrogens with one attached hydrogen (secondary N) is 1. The van der Waals surface area contributed by atoms with Crippen LogP contribution in [0.4, 0.5) is 5.69 Å². The van der Waals surface area contributed by atoms with E-state index in [1.165, 1.54) is 0 Å². The lowest BCUT2D eigenvalue weighted by Crippen LogP contribution is -2.38. The van der Waals surface area contributed by atoms with E-state index in [4.69, 9.17) is 9.47 Å². The normalized spacial score (nSPS) is 15.3. The number of anilines is 1. The van der Waals surface area contributed by atoms with E-state index in [2.05, 4.69) is 10.2 Å². The molecule has 0 aliphatic carbocycles. The summed E-state index contributed by atoms with van der Waals surface area (Å²) in [5.74, 6) is 0.920. The zero-order chi connectivity index (χ0) is 13.9. The predicted octanol–water partition coefficient (Wildman–Crippen LogP) is 2.47. The highest BCUT2D eigenvalue weighted by Gasteiger charge is 2.10. The van der Waals surface area contributed by atoms with Crippen molar-refractivity contribution in [2.75, 3.05) is 51.8 Å². The van der Waals surface area contributed by atoms with Crippen molar-refractivity contribution in [2.24, 2.45) is 0 Å². The lowest BCUT2D eigenvalue weighted by Gasteiger charge is -2.26. The molecule has 0 radical (unpaired) electrons. The van der Waals surface area contributed by atoms with Crippen molar-refractivity contribution in [1.29, 1.82) is 0 Å². The molecule has 1 aromatic rings. The van der Waals surface area contributed by atoms with Crippen LogP contribution < -0.4 is 10.1 Å². The maximum atomic E-state index is 5.79. The fourth-order valence-electron chi connectivity index (χ4n) is 1.91. The van der Waals surface area contributed by atoms with E-state index in [0.29, 0.717) is 0 Å². The number of ether oxygens (including phenoxy) is 2. The minimum atomic E-state index is 0.721. The summed E-state index contributed by atoms with van der Waals surface area (Å²) in [6.07, 6.45) is 0. The molecule has 0 saturated carbocycles. The molecule has 19 heavy (non-hydrogen) atoms. The number of benzene rings is 1. The summed E-state index contributed by atoms with van der Waals surface area (Å²) in [6.45, 7) is 9.38. The number of rotatable bonds is 5. The van der Waals surface area contributed by atoms with Gasteiger partial charge in [-0.3, -0.25) is 4.90 Å². The van der Waals surface area contributed by atoms with Crippen molar-refractivity contribution >= 4 is 5.69 Å². The molecular weight excluding hydrogens is 240 g/mol. The molecule has 0 unspecified atom stereocenters. The zero-order valence-electron chi connectivity index (χ0n) is 12.3. The summed E-state index contributed by atoms with van der Waals surface area (Å²) in [5.41, 5.74) is 1.04. The zero-order valence-corrected chi connectivity index (χ0v) is 12.3. The summed E-state index contributed by atoms with van der Waals surface area (Å²) in [4.78, 5) is 2.37. The number of hydrogen-bond acceptors (Lipinski definition) is 4. The molecule has 2 rings (SSSR count). The SMILES string of the molecule is CC.CNc1ccccc1OCCN1CCOCC1. The first-order chi connectivity index (χ1) is 9.40. The van der Waals surface area contributed by atoms with Gasteiger partial charge in [-0.15, -0.1) is 0 Å². The Bertz CT molecular complexity index is 339. The van der Waals surface area contributed by atoms with Crippen LogP contribution in [0.5, 0.6) is 5.75 Å². The smallest absolute Gasteiger partial charge is 0.142 e. The van der Waals surface area contributed by atoms with Gasteiger partial charge in [-0.1, -0.05) is 26.0 Å². The Morgan fingerprint density at radius 1 is 1.21 bits per heavy atom. The monoisotopic (exact) mass is 266 g/mol. The lowest BCUT2D eigenvalue weighted by molar-refractivity contribution is 0.0323. The minimum Gasteiger partial charge on any atom is -0.490 e. The number of para-hydroxylation sites is 2. The molecule has 108 valence electrons. The Labute approximate surface area is 116 Å². The minimum absolute atomic E-state index is 0.721. The van der Waals surface area contributed by atoms with Gasteiger partial charge in [0.25, 0.3) is 0 Å². The fourth-order valence-corrected chi connectivity index (χ4v) is 1.91. The molecule has 0 atom stereocenters. The maximum Gasteiger partial charge on any atom is 0.142 e. The number of morpholine rings is 1. The second-order valence-corrected chi connectivity index (χ2v) is 4.05. The van der Waals surface area contributed by atoms with Crippen LogP contribution >= 0.6 is 0 Å². The van der Waals surface area contributed by atoms with Crippen molar-refractivity contribution < 1.29 is 9.47 Å². The summed E-state index contributed by atoms with van der Waals surface area (Å²) in [5, 5.41) is 3.13. The quantitative estimate of drug-likeness (QED) is 0.887. The van der Waals surface area contributed by atoms with E-state index >= 15 is 0 Å². The molecule has 1 N–H and O–H groups in total. The van der Waals surface area contributed by atoms with Crippen LogP contribution in [0.15, 0.2) is 24.3 Å². The first kappa shape index (κ1) is 15.8. The first-order valence-corrected chi connectivity index (χ1v) is 7.10. The van der Waals surface area contributed by atoms with Gasteiger partial charge in [0.2, 0.25) is 0 Å². The van der Waals surface area contributed by atoms with E-state index in [-0.39, 0.29) is 0 Å². The van der Waals surface area contributed by atoms with Crippen molar-refractivity contribution in [1.82, 2.24) is 4.90 Å². The highest BCUT2D eigenvalue weighted by atomic mass is 16.5. The third-order valence-electron chi connectivity index (χ3n) is 2.93. The van der Waals surface area contributed by atoms with Gasteiger partial charge in [0.05, 0.1) is 18.9 Å². The number of nitrogens with zero attached hydrogens (tertiary/aromatic N) is 1. The van der Waals surface area contributed by atoms with Gasteiger partial charge in [0, 0.05) is 26.7 Å². The van der Waals surface area contributed by atoms with Crippen LogP contribution in [0.3, 0.4) is 0 Å². The molecule has 1 heterocycles. The summed E-state index contributed by atoms with van der Waals surface area (Å²) < 4.78 is 11.1. The third kappa shape index (κ3) is 5.49. The van der Waals surface area contributed by atoms with Gasteiger partial charge in [0.15, 0.2) is 0 Å². The van der Waals surface area contributed by atoms with Crippen LogP contribution in [-0.2, 0) is 4.74 Å². The van der Waals surface area contributed by atoms with E-state index < -0.39 is 0 Å². The molecule has 0 bridgehead atoms. The molecule has 4 nitrogen and oxygen atoms in total. The van der Waals surface area contributed by atoms with Crippen molar-refractivity contribution in [2.45, 2.75) is 13.8 Å². The third-order valence-corrected chi connectivity index (χ3v) is 2.93. The van der Waals surface area contributed by atoms with Gasteiger partial charge < -0.3 is 14.8 Å². The van der Waals surface area contributed by atoms with Gasteiger partial charge in [-0.25, -0.2) is 0 Å². The van der Waals surface area contributed by atoms with Crippen molar-refractivity contribution in [3.05, 3.63) is 24.3 Å². The largest absolute Gasteiger partial charge is 0.490 e. The Morgan fingerprint density at radius 3 is 2.58 bits per heavy atom. The highest BCUT2D eigenvalue weighted by molar-refractivity contribution is 5.55. The Morgan fingerprint density at radius 2 is 1.89 bits per heavy atom. The summed E-state index contributed by atoms with van der Waals surface area (Å²) >= 11 is 0. The number of hydrogen-bond donors (Lipinski definition) is 1. The average Bonchev–Trinajstić information content (AvgIpc) is 2.51. The predicted molar refractivity (Wildman–Crippen MR) is 80.1 cm³/mol. The first-order valence-electron chi connectivity index (χ1n) is 7.10. The topological polar surface area (TPSA) is 33.7 Å². The molecule has 1 aliphatic rings. The summed E-state index contributed by atoms with van der Waals surface area (Å²) in [6, 6.07) is 8.00. The fraction of sp³-hybridized carbons (Fsp3) is 0.600. The average molecular weight is 266 g/mol. The molecule has 4 heteroatoms. The molecule has 1 aliphatic heterocycles. The molecular formula is C15H26N2O2. The van der Waals surface area contributed by atoms with Gasteiger partial charge in [-0.2, -0.15) is 0 Å². The van der Waals surface area contributed by atoms with E-state index in [1.807, 2.05) is 45.2 Å². The Balaban J connectivity index is 0.000000861. The van der Waals surface area contributed by atoms with Crippen LogP contribution in [0, 0.1) is 0 Å².